The Morgan fingerprint density at radius 3 is 2.55 bits per heavy atom. The molecule has 0 bridgehead atoms. The number of carbonyl (C=O) groups is 2. The third kappa shape index (κ3) is 4.34. The molecular weight excluding hydrogens is 274 g/mol. The van der Waals surface area contributed by atoms with Gasteiger partial charge in [0, 0.05) is 11.9 Å². The molecule has 20 heavy (non-hydrogen) atoms. The maximum absolute atomic E-state index is 12.3. The summed E-state index contributed by atoms with van der Waals surface area (Å²) in [5.41, 5.74) is 1.24. The number of hydrogen-bond acceptors (Lipinski definition) is 4. The van der Waals surface area contributed by atoms with E-state index in [-0.39, 0.29) is 18.4 Å². The summed E-state index contributed by atoms with van der Waals surface area (Å²) in [6.07, 6.45) is 3.00. The number of carbonyl (C=O) groups excluding carboxylic acids is 2. The van der Waals surface area contributed by atoms with Crippen LogP contribution in [0.2, 0.25) is 0 Å². The summed E-state index contributed by atoms with van der Waals surface area (Å²) in [7, 11) is 1.63. The molecule has 0 saturated heterocycles. The second-order valence-electron chi connectivity index (χ2n) is 4.63. The van der Waals surface area contributed by atoms with Crippen LogP contribution in [0.4, 0.5) is 0 Å². The van der Waals surface area contributed by atoms with E-state index in [9.17, 15) is 9.59 Å². The summed E-state index contributed by atoms with van der Waals surface area (Å²) in [6, 6.07) is 1.96. The zero-order valence-corrected chi connectivity index (χ0v) is 13.5. The summed E-state index contributed by atoms with van der Waals surface area (Å²) in [5, 5.41) is 0. The van der Waals surface area contributed by atoms with Gasteiger partial charge in [-0.25, -0.2) is 0 Å². The van der Waals surface area contributed by atoms with Gasteiger partial charge in [-0.15, -0.1) is 11.3 Å². The molecule has 0 radical (unpaired) electrons. The number of ether oxygens (including phenoxy) is 1. The standard InChI is InChI=1S/C15H23NO3S/c1-5-8-12-11(6-2)9-13(20-12)15(18)16(4)10-14(17)19-7-3/h9H,5-8,10H2,1-4H3. The van der Waals surface area contributed by atoms with Crippen LogP contribution >= 0.6 is 11.3 Å². The van der Waals surface area contributed by atoms with Crippen molar-refractivity contribution < 1.29 is 14.3 Å². The van der Waals surface area contributed by atoms with E-state index in [1.54, 1.807) is 25.3 Å². The van der Waals surface area contributed by atoms with Crippen LogP contribution in [-0.2, 0) is 22.4 Å². The zero-order valence-electron chi connectivity index (χ0n) is 12.7. The van der Waals surface area contributed by atoms with Gasteiger partial charge in [0.1, 0.15) is 6.54 Å². The largest absolute Gasteiger partial charge is 0.465 e. The summed E-state index contributed by atoms with van der Waals surface area (Å²) in [6.45, 7) is 6.31. The van der Waals surface area contributed by atoms with Gasteiger partial charge in [-0.1, -0.05) is 20.3 Å². The van der Waals surface area contributed by atoms with Crippen LogP contribution in [-0.4, -0.2) is 37.0 Å². The highest BCUT2D eigenvalue weighted by Gasteiger charge is 2.19. The number of esters is 1. The number of hydrogen-bond donors (Lipinski definition) is 0. The van der Waals surface area contributed by atoms with Crippen molar-refractivity contribution in [1.29, 1.82) is 0 Å². The Morgan fingerprint density at radius 1 is 1.30 bits per heavy atom. The molecular formula is C15H23NO3S. The lowest BCUT2D eigenvalue weighted by Gasteiger charge is -2.14. The Morgan fingerprint density at radius 2 is 2.00 bits per heavy atom. The summed E-state index contributed by atoms with van der Waals surface area (Å²) in [4.78, 5) is 27.1. The molecule has 0 spiro atoms. The monoisotopic (exact) mass is 297 g/mol. The van der Waals surface area contributed by atoms with Crippen LogP contribution < -0.4 is 0 Å². The van der Waals surface area contributed by atoms with E-state index >= 15 is 0 Å². The molecule has 0 aromatic carbocycles. The fraction of sp³-hybridized carbons (Fsp3) is 0.600. The summed E-state index contributed by atoms with van der Waals surface area (Å²) in [5.74, 6) is -0.482. The van der Waals surface area contributed by atoms with Crippen molar-refractivity contribution in [3.63, 3.8) is 0 Å². The highest BCUT2D eigenvalue weighted by atomic mass is 32.1. The first kappa shape index (κ1) is 16.7. The van der Waals surface area contributed by atoms with Crippen LogP contribution in [0.1, 0.15) is 47.3 Å². The Balaban J connectivity index is 2.78. The van der Waals surface area contributed by atoms with E-state index < -0.39 is 0 Å². The van der Waals surface area contributed by atoms with Gasteiger partial charge in [-0.2, -0.15) is 0 Å². The third-order valence-electron chi connectivity index (χ3n) is 2.98. The summed E-state index contributed by atoms with van der Waals surface area (Å²) >= 11 is 1.54. The first-order valence-electron chi connectivity index (χ1n) is 7.06. The molecule has 5 heteroatoms. The van der Waals surface area contributed by atoms with Gasteiger partial charge in [-0.05, 0) is 31.4 Å². The zero-order chi connectivity index (χ0) is 15.1. The van der Waals surface area contributed by atoms with Crippen LogP contribution in [0.25, 0.3) is 0 Å². The fourth-order valence-electron chi connectivity index (χ4n) is 1.97. The van der Waals surface area contributed by atoms with E-state index in [0.29, 0.717) is 11.5 Å². The molecule has 4 nitrogen and oxygen atoms in total. The predicted octanol–water partition coefficient (Wildman–Crippen LogP) is 2.90. The Hall–Kier alpha value is -1.36. The lowest BCUT2D eigenvalue weighted by Crippen LogP contribution is -2.32. The third-order valence-corrected chi connectivity index (χ3v) is 4.21. The van der Waals surface area contributed by atoms with Gasteiger partial charge in [0.05, 0.1) is 11.5 Å². The number of likely N-dealkylation sites (N-methyl/N-ethyl adjacent to an activating group) is 1. The molecule has 0 unspecified atom stereocenters. The van der Waals surface area contributed by atoms with Crippen LogP contribution in [0, 0.1) is 0 Å². The molecule has 1 aromatic heterocycles. The van der Waals surface area contributed by atoms with E-state index in [1.165, 1.54) is 15.3 Å². The van der Waals surface area contributed by atoms with Gasteiger partial charge < -0.3 is 9.64 Å². The first-order valence-corrected chi connectivity index (χ1v) is 7.87. The summed E-state index contributed by atoms with van der Waals surface area (Å²) < 4.78 is 4.86. The maximum Gasteiger partial charge on any atom is 0.325 e. The van der Waals surface area contributed by atoms with Crippen LogP contribution in [0.15, 0.2) is 6.07 Å². The van der Waals surface area contributed by atoms with Crippen LogP contribution in [0.5, 0.6) is 0 Å². The molecule has 0 aliphatic heterocycles. The molecule has 112 valence electrons. The molecule has 1 heterocycles. The smallest absolute Gasteiger partial charge is 0.325 e. The quantitative estimate of drug-likeness (QED) is 0.727. The SMILES string of the molecule is CCCc1sc(C(=O)N(C)CC(=O)OCC)cc1CC. The van der Waals surface area contributed by atoms with E-state index in [0.717, 1.165) is 19.3 Å². The molecule has 0 aliphatic rings. The van der Waals surface area contributed by atoms with Gasteiger partial charge >= 0.3 is 5.97 Å². The topological polar surface area (TPSA) is 46.6 Å². The lowest BCUT2D eigenvalue weighted by molar-refractivity contribution is -0.143. The molecule has 0 aliphatic carbocycles. The van der Waals surface area contributed by atoms with Gasteiger partial charge in [-0.3, -0.25) is 9.59 Å². The molecule has 1 aromatic rings. The Labute approximate surface area is 124 Å². The fourth-order valence-corrected chi connectivity index (χ4v) is 3.32. The van der Waals surface area contributed by atoms with Crippen molar-refractivity contribution in [3.05, 3.63) is 21.4 Å². The molecule has 0 atom stereocenters. The van der Waals surface area contributed by atoms with Crippen molar-refractivity contribution in [2.24, 2.45) is 0 Å². The Kier molecular flexibility index (Phi) is 6.71. The second-order valence-corrected chi connectivity index (χ2v) is 5.77. The number of nitrogens with zero attached hydrogens (tertiary/aromatic N) is 1. The lowest BCUT2D eigenvalue weighted by atomic mass is 10.1. The average Bonchev–Trinajstić information content (AvgIpc) is 2.81. The van der Waals surface area contributed by atoms with E-state index in [1.807, 2.05) is 6.07 Å². The van der Waals surface area contributed by atoms with Crippen molar-refractivity contribution in [3.8, 4) is 0 Å². The second kappa shape index (κ2) is 8.04. The first-order chi connectivity index (χ1) is 9.53. The molecule has 1 amide bonds. The highest BCUT2D eigenvalue weighted by Crippen LogP contribution is 2.25. The molecule has 1 rings (SSSR count). The normalized spacial score (nSPS) is 10.4. The van der Waals surface area contributed by atoms with Crippen LogP contribution in [0.3, 0.4) is 0 Å². The number of amides is 1. The van der Waals surface area contributed by atoms with Gasteiger partial charge in [0.2, 0.25) is 0 Å². The van der Waals surface area contributed by atoms with Crippen molar-refractivity contribution in [2.45, 2.75) is 40.0 Å². The average molecular weight is 297 g/mol. The Bertz CT molecular complexity index is 468. The molecule has 0 fully saturated rings. The molecule has 0 N–H and O–H groups in total. The highest BCUT2D eigenvalue weighted by molar-refractivity contribution is 7.14. The number of aryl methyl sites for hydroxylation is 2. The van der Waals surface area contributed by atoms with E-state index in [4.69, 9.17) is 4.74 Å². The number of rotatable bonds is 7. The minimum Gasteiger partial charge on any atom is -0.465 e. The van der Waals surface area contributed by atoms with Gasteiger partial charge in [0.25, 0.3) is 5.91 Å². The van der Waals surface area contributed by atoms with Crippen molar-refractivity contribution in [2.75, 3.05) is 20.2 Å². The predicted molar refractivity (Wildman–Crippen MR) is 81.3 cm³/mol. The number of thiophene rings is 1. The van der Waals surface area contributed by atoms with E-state index in [2.05, 4.69) is 13.8 Å². The molecule has 0 saturated carbocycles. The minimum absolute atomic E-state index is 0.00482. The van der Waals surface area contributed by atoms with Crippen molar-refractivity contribution in [1.82, 2.24) is 4.90 Å². The van der Waals surface area contributed by atoms with Gasteiger partial charge in [0.15, 0.2) is 0 Å². The van der Waals surface area contributed by atoms with Crippen molar-refractivity contribution >= 4 is 23.2 Å². The maximum atomic E-state index is 12.3. The minimum atomic E-state index is -0.371.